The second-order valence-corrected chi connectivity index (χ2v) is 6.22. The molecule has 2 atom stereocenters. The molecular weight excluding hydrogens is 238 g/mol. The molecule has 2 heteroatoms. The summed E-state index contributed by atoms with van der Waals surface area (Å²) in [6.45, 7) is 7.37. The highest BCUT2D eigenvalue weighted by atomic mass is 79.9. The largest absolute Gasteiger partial charge is 0.300 e. The first-order chi connectivity index (χ1) is 6.65. The predicted octanol–water partition coefficient (Wildman–Crippen LogP) is 3.28. The van der Waals surface area contributed by atoms with Crippen LogP contribution in [-0.4, -0.2) is 29.4 Å². The lowest BCUT2D eigenvalue weighted by Crippen LogP contribution is -2.31. The van der Waals surface area contributed by atoms with E-state index in [2.05, 4.69) is 34.7 Å². The Labute approximate surface area is 96.4 Å². The predicted molar refractivity (Wildman–Crippen MR) is 64.9 cm³/mol. The Morgan fingerprint density at radius 3 is 2.71 bits per heavy atom. The Morgan fingerprint density at radius 2 is 2.21 bits per heavy atom. The van der Waals surface area contributed by atoms with Crippen LogP contribution in [0.2, 0.25) is 0 Å². The zero-order valence-electron chi connectivity index (χ0n) is 9.43. The third kappa shape index (κ3) is 2.01. The zero-order valence-corrected chi connectivity index (χ0v) is 11.0. The maximum atomic E-state index is 3.64. The van der Waals surface area contributed by atoms with Gasteiger partial charge in [-0.2, -0.15) is 0 Å². The van der Waals surface area contributed by atoms with Gasteiger partial charge in [0.15, 0.2) is 0 Å². The van der Waals surface area contributed by atoms with Crippen molar-refractivity contribution in [2.45, 2.75) is 45.6 Å². The van der Waals surface area contributed by atoms with Gasteiger partial charge in [0.05, 0.1) is 0 Å². The molecular formula is C12H22BrN. The minimum absolute atomic E-state index is 0.711. The molecule has 1 aliphatic carbocycles. The second-order valence-electron chi connectivity index (χ2n) is 5.58. The zero-order chi connectivity index (χ0) is 10.2. The van der Waals surface area contributed by atoms with Crippen LogP contribution in [-0.2, 0) is 0 Å². The summed E-state index contributed by atoms with van der Waals surface area (Å²) in [4.78, 5) is 2.66. The average molecular weight is 260 g/mol. The van der Waals surface area contributed by atoms with Gasteiger partial charge in [-0.05, 0) is 57.4 Å². The van der Waals surface area contributed by atoms with Crippen LogP contribution in [0.5, 0.6) is 0 Å². The molecule has 1 nitrogen and oxygen atoms in total. The van der Waals surface area contributed by atoms with Crippen LogP contribution in [0.25, 0.3) is 0 Å². The highest BCUT2D eigenvalue weighted by Crippen LogP contribution is 2.48. The maximum absolute atomic E-state index is 3.64. The molecule has 1 saturated carbocycles. The van der Waals surface area contributed by atoms with Gasteiger partial charge in [0.2, 0.25) is 0 Å². The van der Waals surface area contributed by atoms with Crippen LogP contribution in [0.4, 0.5) is 0 Å². The van der Waals surface area contributed by atoms with E-state index in [4.69, 9.17) is 0 Å². The van der Waals surface area contributed by atoms with Crippen molar-refractivity contribution in [2.75, 3.05) is 18.4 Å². The molecule has 0 aromatic rings. The van der Waals surface area contributed by atoms with Gasteiger partial charge >= 0.3 is 0 Å². The van der Waals surface area contributed by atoms with Crippen LogP contribution in [0, 0.1) is 11.3 Å². The lowest BCUT2D eigenvalue weighted by molar-refractivity contribution is 0.222. The fraction of sp³-hybridized carbons (Fsp3) is 1.00. The van der Waals surface area contributed by atoms with Crippen LogP contribution in [0.15, 0.2) is 0 Å². The smallest absolute Gasteiger partial charge is 0.00598 e. The van der Waals surface area contributed by atoms with E-state index in [1.165, 1.54) is 44.1 Å². The molecule has 0 aromatic carbocycles. The fourth-order valence-electron chi connectivity index (χ4n) is 3.24. The molecule has 82 valence electrons. The summed E-state index contributed by atoms with van der Waals surface area (Å²) in [6.07, 6.45) is 5.86. The normalized spacial score (nSPS) is 39.0. The quantitative estimate of drug-likeness (QED) is 0.689. The van der Waals surface area contributed by atoms with Crippen molar-refractivity contribution in [1.29, 1.82) is 0 Å². The molecule has 1 spiro atoms. The number of alkyl halides is 1. The molecule has 0 aromatic heterocycles. The number of hydrogen-bond donors (Lipinski definition) is 0. The van der Waals surface area contributed by atoms with E-state index in [-0.39, 0.29) is 0 Å². The van der Waals surface area contributed by atoms with Crippen molar-refractivity contribution >= 4 is 15.9 Å². The highest BCUT2D eigenvalue weighted by molar-refractivity contribution is 9.09. The van der Waals surface area contributed by atoms with E-state index in [0.717, 1.165) is 12.0 Å². The van der Waals surface area contributed by atoms with Gasteiger partial charge in [-0.1, -0.05) is 15.9 Å². The van der Waals surface area contributed by atoms with Gasteiger partial charge in [0.25, 0.3) is 0 Å². The van der Waals surface area contributed by atoms with Crippen LogP contribution < -0.4 is 0 Å². The standard InChI is InChI=1S/C12H22BrN/c1-10(2)14-6-5-12(9-14)4-3-11(7-12)8-13/h10-11H,3-9H2,1-2H3/t11-,12-/m1/s1. The van der Waals surface area contributed by atoms with E-state index in [1.54, 1.807) is 0 Å². The molecule has 0 unspecified atom stereocenters. The van der Waals surface area contributed by atoms with Crippen molar-refractivity contribution in [2.24, 2.45) is 11.3 Å². The van der Waals surface area contributed by atoms with Gasteiger partial charge < -0.3 is 4.90 Å². The van der Waals surface area contributed by atoms with Crippen molar-refractivity contribution in [3.8, 4) is 0 Å². The van der Waals surface area contributed by atoms with Gasteiger partial charge in [-0.15, -0.1) is 0 Å². The van der Waals surface area contributed by atoms with Crippen LogP contribution in [0.1, 0.15) is 39.5 Å². The first kappa shape index (κ1) is 10.9. The molecule has 0 amide bonds. The Balaban J connectivity index is 1.94. The Hall–Kier alpha value is 0.440. The van der Waals surface area contributed by atoms with E-state index in [1.807, 2.05) is 0 Å². The molecule has 0 radical (unpaired) electrons. The average Bonchev–Trinajstić information content (AvgIpc) is 2.74. The van der Waals surface area contributed by atoms with E-state index < -0.39 is 0 Å². The molecule has 0 bridgehead atoms. The SMILES string of the molecule is CC(C)N1CC[C@@]2(CC[C@@H](CBr)C2)C1. The molecule has 14 heavy (non-hydrogen) atoms. The minimum atomic E-state index is 0.711. The molecule has 2 aliphatic rings. The van der Waals surface area contributed by atoms with Crippen molar-refractivity contribution in [3.05, 3.63) is 0 Å². The molecule has 1 aliphatic heterocycles. The van der Waals surface area contributed by atoms with Gasteiger partial charge in [-0.25, -0.2) is 0 Å². The summed E-state index contributed by atoms with van der Waals surface area (Å²) >= 11 is 3.64. The summed E-state index contributed by atoms with van der Waals surface area (Å²) in [7, 11) is 0. The summed E-state index contributed by atoms with van der Waals surface area (Å²) in [6, 6.07) is 0.748. The monoisotopic (exact) mass is 259 g/mol. The lowest BCUT2D eigenvalue weighted by atomic mass is 9.85. The van der Waals surface area contributed by atoms with Crippen molar-refractivity contribution < 1.29 is 0 Å². The van der Waals surface area contributed by atoms with E-state index >= 15 is 0 Å². The molecule has 1 heterocycles. The number of hydrogen-bond acceptors (Lipinski definition) is 1. The van der Waals surface area contributed by atoms with Gasteiger partial charge in [0, 0.05) is 17.9 Å². The molecule has 1 saturated heterocycles. The molecule has 2 rings (SSSR count). The summed E-state index contributed by atoms with van der Waals surface area (Å²) in [5, 5.41) is 1.22. The molecule has 2 fully saturated rings. The van der Waals surface area contributed by atoms with Crippen LogP contribution >= 0.6 is 15.9 Å². The first-order valence-electron chi connectivity index (χ1n) is 5.95. The highest BCUT2D eigenvalue weighted by Gasteiger charge is 2.43. The topological polar surface area (TPSA) is 3.24 Å². The first-order valence-corrected chi connectivity index (χ1v) is 7.07. The maximum Gasteiger partial charge on any atom is 0.00598 e. The summed E-state index contributed by atoms with van der Waals surface area (Å²) in [5.41, 5.74) is 0.711. The number of halogens is 1. The number of nitrogens with zero attached hydrogens (tertiary/aromatic N) is 1. The molecule has 0 N–H and O–H groups in total. The Kier molecular flexibility index (Phi) is 3.23. The van der Waals surface area contributed by atoms with E-state index in [0.29, 0.717) is 5.41 Å². The van der Waals surface area contributed by atoms with Crippen molar-refractivity contribution in [1.82, 2.24) is 4.90 Å². The van der Waals surface area contributed by atoms with Crippen molar-refractivity contribution in [3.63, 3.8) is 0 Å². The van der Waals surface area contributed by atoms with Crippen LogP contribution in [0.3, 0.4) is 0 Å². The van der Waals surface area contributed by atoms with Gasteiger partial charge in [-0.3, -0.25) is 0 Å². The Morgan fingerprint density at radius 1 is 1.43 bits per heavy atom. The van der Waals surface area contributed by atoms with E-state index in [9.17, 15) is 0 Å². The summed E-state index contributed by atoms with van der Waals surface area (Å²) in [5.74, 6) is 0.960. The third-order valence-corrected chi connectivity index (χ3v) is 5.14. The number of rotatable bonds is 2. The Bertz CT molecular complexity index is 204. The van der Waals surface area contributed by atoms with Gasteiger partial charge in [0.1, 0.15) is 0 Å². The summed E-state index contributed by atoms with van der Waals surface area (Å²) < 4.78 is 0. The fourth-order valence-corrected chi connectivity index (χ4v) is 3.79. The minimum Gasteiger partial charge on any atom is -0.300 e. The lowest BCUT2D eigenvalue weighted by Gasteiger charge is -2.26. The second kappa shape index (κ2) is 4.13. The third-order valence-electron chi connectivity index (χ3n) is 4.22. The number of likely N-dealkylation sites (tertiary alicyclic amines) is 1.